The number of aromatic nitrogens is 1. The van der Waals surface area contributed by atoms with Gasteiger partial charge in [-0.3, -0.25) is 0 Å². The van der Waals surface area contributed by atoms with Crippen LogP contribution in [-0.4, -0.2) is 38.5 Å². The summed E-state index contributed by atoms with van der Waals surface area (Å²) in [7, 11) is 1.64. The molecule has 5 heteroatoms. The Morgan fingerprint density at radius 1 is 1.38 bits per heavy atom. The van der Waals surface area contributed by atoms with Crippen molar-refractivity contribution in [3.05, 3.63) is 23.9 Å². The zero-order chi connectivity index (χ0) is 11.6. The van der Waals surface area contributed by atoms with Crippen LogP contribution in [0.1, 0.15) is 5.56 Å². The molecule has 0 bridgehead atoms. The molecule has 0 radical (unpaired) electrons. The molecule has 16 heavy (non-hydrogen) atoms. The molecule has 0 unspecified atom stereocenters. The standard InChI is InChI=1S/C11H15N3O2/c1-15-6-7-16-5-4-13-11-3-2-10(8-12)9-14-11/h2-3,9H,4-7H2,1H3,(H,13,14). The van der Waals surface area contributed by atoms with Crippen molar-refractivity contribution in [3.8, 4) is 6.07 Å². The van der Waals surface area contributed by atoms with Crippen LogP contribution in [0.3, 0.4) is 0 Å². The van der Waals surface area contributed by atoms with E-state index in [0.29, 0.717) is 31.9 Å². The number of hydrogen-bond acceptors (Lipinski definition) is 5. The number of rotatable bonds is 7. The topological polar surface area (TPSA) is 67.2 Å². The van der Waals surface area contributed by atoms with Crippen molar-refractivity contribution in [3.63, 3.8) is 0 Å². The average molecular weight is 221 g/mol. The molecule has 0 spiro atoms. The molecule has 0 atom stereocenters. The van der Waals surface area contributed by atoms with Gasteiger partial charge < -0.3 is 14.8 Å². The van der Waals surface area contributed by atoms with Gasteiger partial charge in [0.1, 0.15) is 11.9 Å². The van der Waals surface area contributed by atoms with Gasteiger partial charge in [-0.05, 0) is 12.1 Å². The Morgan fingerprint density at radius 2 is 2.25 bits per heavy atom. The maximum absolute atomic E-state index is 8.58. The monoisotopic (exact) mass is 221 g/mol. The molecule has 5 nitrogen and oxygen atoms in total. The Kier molecular flexibility index (Phi) is 5.92. The molecular formula is C11H15N3O2. The fourth-order valence-corrected chi connectivity index (χ4v) is 1.06. The first-order valence-electron chi connectivity index (χ1n) is 5.03. The van der Waals surface area contributed by atoms with Crippen molar-refractivity contribution >= 4 is 5.82 Å². The SMILES string of the molecule is COCCOCCNc1ccc(C#N)cn1. The average Bonchev–Trinajstić information content (AvgIpc) is 2.34. The number of hydrogen-bond donors (Lipinski definition) is 1. The van der Waals surface area contributed by atoms with Crippen molar-refractivity contribution in [2.75, 3.05) is 38.8 Å². The molecule has 1 aromatic rings. The number of nitriles is 1. The van der Waals surface area contributed by atoms with Crippen LogP contribution in [0.15, 0.2) is 18.3 Å². The van der Waals surface area contributed by atoms with Crippen LogP contribution in [-0.2, 0) is 9.47 Å². The predicted molar refractivity (Wildman–Crippen MR) is 60.1 cm³/mol. The molecule has 1 rings (SSSR count). The Hall–Kier alpha value is -1.64. The fraction of sp³-hybridized carbons (Fsp3) is 0.455. The zero-order valence-corrected chi connectivity index (χ0v) is 9.27. The quantitative estimate of drug-likeness (QED) is 0.696. The van der Waals surface area contributed by atoms with Crippen molar-refractivity contribution in [1.82, 2.24) is 4.98 Å². The van der Waals surface area contributed by atoms with Gasteiger partial charge in [0.05, 0.1) is 25.4 Å². The first-order chi connectivity index (χ1) is 7.86. The minimum atomic E-state index is 0.557. The summed E-state index contributed by atoms with van der Waals surface area (Å²) in [5.41, 5.74) is 0.557. The lowest BCUT2D eigenvalue weighted by Gasteiger charge is -2.06. The first kappa shape index (κ1) is 12.4. The third-order valence-corrected chi connectivity index (χ3v) is 1.88. The summed E-state index contributed by atoms with van der Waals surface area (Å²) in [4.78, 5) is 4.07. The van der Waals surface area contributed by atoms with Gasteiger partial charge in [0.25, 0.3) is 0 Å². The molecular weight excluding hydrogens is 206 g/mol. The summed E-state index contributed by atoms with van der Waals surface area (Å²) in [6.07, 6.45) is 1.54. The molecule has 0 aromatic carbocycles. The molecule has 0 aliphatic rings. The molecule has 1 aromatic heterocycles. The number of anilines is 1. The first-order valence-corrected chi connectivity index (χ1v) is 5.03. The zero-order valence-electron chi connectivity index (χ0n) is 9.27. The largest absolute Gasteiger partial charge is 0.382 e. The van der Waals surface area contributed by atoms with Crippen molar-refractivity contribution in [2.45, 2.75) is 0 Å². The van der Waals surface area contributed by atoms with Crippen LogP contribution in [0, 0.1) is 11.3 Å². The lowest BCUT2D eigenvalue weighted by molar-refractivity contribution is 0.0759. The van der Waals surface area contributed by atoms with E-state index in [1.54, 1.807) is 19.2 Å². The second kappa shape index (κ2) is 7.63. The summed E-state index contributed by atoms with van der Waals surface area (Å²) in [5.74, 6) is 0.745. The van der Waals surface area contributed by atoms with E-state index in [9.17, 15) is 0 Å². The Balaban J connectivity index is 2.15. The molecule has 1 N–H and O–H groups in total. The number of ether oxygens (including phenoxy) is 2. The summed E-state index contributed by atoms with van der Waals surface area (Å²) < 4.78 is 10.1. The summed E-state index contributed by atoms with van der Waals surface area (Å²) >= 11 is 0. The lowest BCUT2D eigenvalue weighted by atomic mass is 10.3. The molecule has 0 aliphatic carbocycles. The molecule has 1 heterocycles. The fourth-order valence-electron chi connectivity index (χ4n) is 1.06. The van der Waals surface area contributed by atoms with E-state index in [2.05, 4.69) is 10.3 Å². The number of pyridine rings is 1. The van der Waals surface area contributed by atoms with Gasteiger partial charge in [-0.1, -0.05) is 0 Å². The van der Waals surface area contributed by atoms with Gasteiger partial charge >= 0.3 is 0 Å². The highest BCUT2D eigenvalue weighted by atomic mass is 16.5. The van der Waals surface area contributed by atoms with Gasteiger partial charge in [0.2, 0.25) is 0 Å². The van der Waals surface area contributed by atoms with Crippen LogP contribution in [0.5, 0.6) is 0 Å². The summed E-state index contributed by atoms with van der Waals surface area (Å²) in [6.45, 7) is 2.49. The van der Waals surface area contributed by atoms with Gasteiger partial charge in [0, 0.05) is 19.9 Å². The molecule has 0 fully saturated rings. The smallest absolute Gasteiger partial charge is 0.126 e. The maximum Gasteiger partial charge on any atom is 0.126 e. The molecule has 0 saturated heterocycles. The third kappa shape index (κ3) is 4.73. The van der Waals surface area contributed by atoms with Crippen molar-refractivity contribution < 1.29 is 9.47 Å². The highest BCUT2D eigenvalue weighted by Crippen LogP contribution is 2.02. The second-order valence-electron chi connectivity index (χ2n) is 3.08. The Bertz CT molecular complexity index is 332. The highest BCUT2D eigenvalue weighted by molar-refractivity contribution is 5.38. The Labute approximate surface area is 95.0 Å². The minimum absolute atomic E-state index is 0.557. The third-order valence-electron chi connectivity index (χ3n) is 1.88. The van der Waals surface area contributed by atoms with Crippen LogP contribution < -0.4 is 5.32 Å². The van der Waals surface area contributed by atoms with Crippen molar-refractivity contribution in [1.29, 1.82) is 5.26 Å². The molecule has 86 valence electrons. The van der Waals surface area contributed by atoms with Crippen LogP contribution in [0.4, 0.5) is 5.82 Å². The van der Waals surface area contributed by atoms with Gasteiger partial charge in [0.15, 0.2) is 0 Å². The normalized spacial score (nSPS) is 9.75. The Morgan fingerprint density at radius 3 is 2.88 bits per heavy atom. The van der Waals surface area contributed by atoms with E-state index in [-0.39, 0.29) is 0 Å². The lowest BCUT2D eigenvalue weighted by Crippen LogP contribution is -2.12. The molecule has 0 aliphatic heterocycles. The van der Waals surface area contributed by atoms with E-state index >= 15 is 0 Å². The van der Waals surface area contributed by atoms with E-state index in [4.69, 9.17) is 14.7 Å². The molecule has 0 amide bonds. The van der Waals surface area contributed by atoms with Crippen LogP contribution in [0.25, 0.3) is 0 Å². The number of methoxy groups -OCH3 is 1. The summed E-state index contributed by atoms with van der Waals surface area (Å²) in [5, 5.41) is 11.7. The van der Waals surface area contributed by atoms with Gasteiger partial charge in [-0.25, -0.2) is 4.98 Å². The summed E-state index contributed by atoms with van der Waals surface area (Å²) in [6, 6.07) is 5.51. The second-order valence-corrected chi connectivity index (χ2v) is 3.08. The van der Waals surface area contributed by atoms with E-state index in [1.807, 2.05) is 6.07 Å². The molecule has 0 saturated carbocycles. The number of nitrogens with zero attached hydrogens (tertiary/aromatic N) is 2. The maximum atomic E-state index is 8.58. The highest BCUT2D eigenvalue weighted by Gasteiger charge is 1.94. The van der Waals surface area contributed by atoms with E-state index < -0.39 is 0 Å². The number of nitrogens with one attached hydrogen (secondary N) is 1. The van der Waals surface area contributed by atoms with Crippen LogP contribution >= 0.6 is 0 Å². The van der Waals surface area contributed by atoms with Crippen LogP contribution in [0.2, 0.25) is 0 Å². The minimum Gasteiger partial charge on any atom is -0.382 e. The van der Waals surface area contributed by atoms with E-state index in [0.717, 1.165) is 5.82 Å². The van der Waals surface area contributed by atoms with E-state index in [1.165, 1.54) is 6.20 Å². The van der Waals surface area contributed by atoms with Gasteiger partial charge in [-0.15, -0.1) is 0 Å². The van der Waals surface area contributed by atoms with Gasteiger partial charge in [-0.2, -0.15) is 5.26 Å². The predicted octanol–water partition coefficient (Wildman–Crippen LogP) is 1.03. The van der Waals surface area contributed by atoms with Crippen molar-refractivity contribution in [2.24, 2.45) is 0 Å².